The fraction of sp³-hybridized carbons (Fsp3) is 0.619. The third-order valence-electron chi connectivity index (χ3n) is 5.58. The summed E-state index contributed by atoms with van der Waals surface area (Å²) in [6.07, 6.45) is 5.37. The van der Waals surface area contributed by atoms with Gasteiger partial charge in [0.1, 0.15) is 11.5 Å². The van der Waals surface area contributed by atoms with Crippen LogP contribution in [-0.2, 0) is 11.3 Å². The highest BCUT2D eigenvalue weighted by molar-refractivity contribution is 5.81. The zero-order valence-corrected chi connectivity index (χ0v) is 16.9. The maximum absolute atomic E-state index is 12.6. The molecule has 0 radical (unpaired) electrons. The van der Waals surface area contributed by atoms with Gasteiger partial charge in [-0.25, -0.2) is 4.99 Å². The molecule has 1 saturated heterocycles. The lowest BCUT2D eigenvalue weighted by Crippen LogP contribution is -2.45. The molecule has 1 aliphatic heterocycles. The van der Waals surface area contributed by atoms with Crippen LogP contribution in [0.5, 0.6) is 11.5 Å². The van der Waals surface area contributed by atoms with Gasteiger partial charge in [-0.1, -0.05) is 12.8 Å². The number of nitrogens with one attached hydrogen (secondary N) is 2. The fourth-order valence-electron chi connectivity index (χ4n) is 4.00. The van der Waals surface area contributed by atoms with Crippen LogP contribution in [0, 0.1) is 5.92 Å². The largest absolute Gasteiger partial charge is 0.508 e. The molecule has 154 valence electrons. The van der Waals surface area contributed by atoms with E-state index in [1.54, 1.807) is 25.3 Å². The van der Waals surface area contributed by atoms with Crippen molar-refractivity contribution in [1.29, 1.82) is 0 Å². The molecule has 1 aromatic carbocycles. The van der Waals surface area contributed by atoms with E-state index in [1.807, 2.05) is 11.8 Å². The molecule has 1 heterocycles. The van der Waals surface area contributed by atoms with Crippen LogP contribution in [0.1, 0.15) is 44.6 Å². The van der Waals surface area contributed by atoms with Crippen LogP contribution < -0.4 is 15.4 Å². The molecule has 0 bridgehead atoms. The van der Waals surface area contributed by atoms with Gasteiger partial charge < -0.3 is 25.4 Å². The van der Waals surface area contributed by atoms with Gasteiger partial charge >= 0.3 is 0 Å². The molecule has 3 rings (SSSR count). The summed E-state index contributed by atoms with van der Waals surface area (Å²) in [7, 11) is 1.60. The Balaban J connectivity index is 1.58. The Morgan fingerprint density at radius 1 is 1.32 bits per heavy atom. The summed E-state index contributed by atoms with van der Waals surface area (Å²) < 4.78 is 5.22. The van der Waals surface area contributed by atoms with Crippen LogP contribution in [0.2, 0.25) is 0 Å². The van der Waals surface area contributed by atoms with Crippen LogP contribution in [-0.4, -0.2) is 54.7 Å². The molecule has 2 fully saturated rings. The van der Waals surface area contributed by atoms with E-state index in [4.69, 9.17) is 4.74 Å². The Morgan fingerprint density at radius 2 is 2.11 bits per heavy atom. The summed E-state index contributed by atoms with van der Waals surface area (Å²) in [5, 5.41) is 16.7. The molecule has 0 spiro atoms. The highest BCUT2D eigenvalue weighted by atomic mass is 16.5. The number of phenolic OH excluding ortho intramolecular Hbond substituents is 1. The third kappa shape index (κ3) is 5.09. The molecule has 7 nitrogen and oxygen atoms in total. The zero-order chi connectivity index (χ0) is 19.9. The number of aromatic hydroxyl groups is 1. The van der Waals surface area contributed by atoms with Crippen LogP contribution in [0.3, 0.4) is 0 Å². The van der Waals surface area contributed by atoms with Crippen molar-refractivity contribution in [3.63, 3.8) is 0 Å². The SMILES string of the molecule is CCNC(=NCc1cc(OC)ccc1O)NC1CCN(C(=O)C2CCCC2)C1. The molecule has 1 amide bonds. The Bertz CT molecular complexity index is 701. The topological polar surface area (TPSA) is 86.2 Å². The van der Waals surface area contributed by atoms with Crippen molar-refractivity contribution in [3.8, 4) is 11.5 Å². The van der Waals surface area contributed by atoms with Crippen LogP contribution in [0.15, 0.2) is 23.2 Å². The van der Waals surface area contributed by atoms with Crippen LogP contribution in [0.4, 0.5) is 0 Å². The first-order valence-electron chi connectivity index (χ1n) is 10.3. The molecule has 1 aliphatic carbocycles. The molecule has 28 heavy (non-hydrogen) atoms. The number of benzene rings is 1. The van der Waals surface area contributed by atoms with Crippen LogP contribution >= 0.6 is 0 Å². The van der Waals surface area contributed by atoms with E-state index in [0.29, 0.717) is 29.7 Å². The number of phenols is 1. The lowest BCUT2D eigenvalue weighted by Gasteiger charge is -2.21. The van der Waals surface area contributed by atoms with Crippen molar-refractivity contribution >= 4 is 11.9 Å². The second kappa shape index (κ2) is 9.66. The summed E-state index contributed by atoms with van der Waals surface area (Å²) >= 11 is 0. The van der Waals surface area contributed by atoms with Gasteiger partial charge in [0.05, 0.1) is 13.7 Å². The molecule has 2 aliphatic rings. The van der Waals surface area contributed by atoms with Gasteiger partial charge in [0.2, 0.25) is 5.91 Å². The molecule has 1 unspecified atom stereocenters. The van der Waals surface area contributed by atoms with Gasteiger partial charge in [0, 0.05) is 37.2 Å². The first-order chi connectivity index (χ1) is 13.6. The van der Waals surface area contributed by atoms with E-state index >= 15 is 0 Å². The number of guanidine groups is 1. The number of nitrogens with zero attached hydrogens (tertiary/aromatic N) is 2. The fourth-order valence-corrected chi connectivity index (χ4v) is 4.00. The molecule has 7 heteroatoms. The number of aliphatic imine (C=N–C) groups is 1. The minimum Gasteiger partial charge on any atom is -0.508 e. The van der Waals surface area contributed by atoms with Gasteiger partial charge in [0.15, 0.2) is 5.96 Å². The van der Waals surface area contributed by atoms with Gasteiger partial charge in [-0.3, -0.25) is 4.79 Å². The van der Waals surface area contributed by atoms with Crippen molar-refractivity contribution in [2.24, 2.45) is 10.9 Å². The average Bonchev–Trinajstić information content (AvgIpc) is 3.39. The minimum absolute atomic E-state index is 0.196. The standard InChI is InChI=1S/C21H32N4O3/c1-3-22-21(23-13-16-12-18(28-2)8-9-19(16)26)24-17-10-11-25(14-17)20(27)15-6-4-5-7-15/h8-9,12,15,17,26H,3-7,10-11,13-14H2,1-2H3,(H2,22,23,24). The minimum atomic E-state index is 0.196. The molecular weight excluding hydrogens is 356 g/mol. The predicted molar refractivity (Wildman–Crippen MR) is 110 cm³/mol. The van der Waals surface area contributed by atoms with Gasteiger partial charge in [-0.2, -0.15) is 0 Å². The smallest absolute Gasteiger partial charge is 0.225 e. The Labute approximate surface area is 167 Å². The number of carbonyl (C=O) groups is 1. The number of amides is 1. The van der Waals surface area contributed by atoms with Gasteiger partial charge in [0.25, 0.3) is 0 Å². The van der Waals surface area contributed by atoms with E-state index in [0.717, 1.165) is 38.9 Å². The van der Waals surface area contributed by atoms with Crippen molar-refractivity contribution < 1.29 is 14.6 Å². The summed E-state index contributed by atoms with van der Waals surface area (Å²) in [6, 6.07) is 5.33. The number of hydrogen-bond donors (Lipinski definition) is 3. The van der Waals surface area contributed by atoms with Crippen molar-refractivity contribution in [1.82, 2.24) is 15.5 Å². The molecule has 3 N–H and O–H groups in total. The number of methoxy groups -OCH3 is 1. The van der Waals surface area contributed by atoms with Crippen LogP contribution in [0.25, 0.3) is 0 Å². The Kier molecular flexibility index (Phi) is 7.01. The van der Waals surface area contributed by atoms with E-state index in [2.05, 4.69) is 15.6 Å². The first-order valence-corrected chi connectivity index (χ1v) is 10.3. The monoisotopic (exact) mass is 388 g/mol. The molecule has 1 aromatic rings. The average molecular weight is 389 g/mol. The number of rotatable bonds is 6. The lowest BCUT2D eigenvalue weighted by molar-refractivity contribution is -0.134. The highest BCUT2D eigenvalue weighted by Gasteiger charge is 2.32. The summed E-state index contributed by atoms with van der Waals surface area (Å²) in [6.45, 7) is 4.64. The molecule has 1 atom stereocenters. The highest BCUT2D eigenvalue weighted by Crippen LogP contribution is 2.28. The zero-order valence-electron chi connectivity index (χ0n) is 16.9. The predicted octanol–water partition coefficient (Wildman–Crippen LogP) is 2.25. The second-order valence-corrected chi connectivity index (χ2v) is 7.59. The molecule has 1 saturated carbocycles. The summed E-state index contributed by atoms with van der Waals surface area (Å²) in [5.41, 5.74) is 0.709. The number of hydrogen-bond acceptors (Lipinski definition) is 4. The van der Waals surface area contributed by atoms with Gasteiger partial charge in [-0.05, 0) is 44.4 Å². The molecule has 0 aromatic heterocycles. The van der Waals surface area contributed by atoms with Gasteiger partial charge in [-0.15, -0.1) is 0 Å². The van der Waals surface area contributed by atoms with E-state index in [-0.39, 0.29) is 17.7 Å². The van der Waals surface area contributed by atoms with E-state index in [9.17, 15) is 9.90 Å². The third-order valence-corrected chi connectivity index (χ3v) is 5.58. The normalized spacial score (nSPS) is 20.4. The number of likely N-dealkylation sites (tertiary alicyclic amines) is 1. The maximum atomic E-state index is 12.6. The first kappa shape index (κ1) is 20.3. The number of ether oxygens (including phenoxy) is 1. The Morgan fingerprint density at radius 3 is 2.82 bits per heavy atom. The quantitative estimate of drug-likeness (QED) is 0.514. The second-order valence-electron chi connectivity index (χ2n) is 7.59. The molecular formula is C21H32N4O3. The lowest BCUT2D eigenvalue weighted by atomic mass is 10.1. The van der Waals surface area contributed by atoms with Crippen molar-refractivity contribution in [2.45, 2.75) is 51.6 Å². The summed E-state index contributed by atoms with van der Waals surface area (Å²) in [5.74, 6) is 2.15. The van der Waals surface area contributed by atoms with E-state index < -0.39 is 0 Å². The number of carbonyl (C=O) groups excluding carboxylic acids is 1. The van der Waals surface area contributed by atoms with Crippen molar-refractivity contribution in [2.75, 3.05) is 26.7 Å². The summed E-state index contributed by atoms with van der Waals surface area (Å²) in [4.78, 5) is 19.2. The Hall–Kier alpha value is -2.44. The van der Waals surface area contributed by atoms with E-state index in [1.165, 1.54) is 12.8 Å². The van der Waals surface area contributed by atoms with Crippen molar-refractivity contribution in [3.05, 3.63) is 23.8 Å². The maximum Gasteiger partial charge on any atom is 0.225 e.